The SMILES string of the molecule is CC(CC(=O)NCC(C)(O)CC(=O)O)C(C)(C)C. The minimum absolute atomic E-state index is 0.0426. The average Bonchev–Trinajstić information content (AvgIpc) is 2.11. The van der Waals surface area contributed by atoms with E-state index in [-0.39, 0.29) is 30.2 Å². The van der Waals surface area contributed by atoms with E-state index in [9.17, 15) is 14.7 Å². The minimum Gasteiger partial charge on any atom is -0.481 e. The van der Waals surface area contributed by atoms with Gasteiger partial charge in [-0.25, -0.2) is 0 Å². The Labute approximate surface area is 109 Å². The lowest BCUT2D eigenvalue weighted by Gasteiger charge is -2.27. The number of hydrogen-bond donors (Lipinski definition) is 3. The third kappa shape index (κ3) is 7.27. The van der Waals surface area contributed by atoms with Crippen molar-refractivity contribution < 1.29 is 19.8 Å². The molecular weight excluding hydrogens is 234 g/mol. The average molecular weight is 259 g/mol. The predicted molar refractivity (Wildman–Crippen MR) is 69.1 cm³/mol. The first-order valence-electron chi connectivity index (χ1n) is 6.15. The Balaban J connectivity index is 4.15. The number of rotatable bonds is 6. The molecule has 2 unspecified atom stereocenters. The van der Waals surface area contributed by atoms with Crippen molar-refractivity contribution in [3.63, 3.8) is 0 Å². The maximum atomic E-state index is 11.7. The Morgan fingerprint density at radius 3 is 2.11 bits per heavy atom. The summed E-state index contributed by atoms with van der Waals surface area (Å²) in [5.41, 5.74) is -1.37. The van der Waals surface area contributed by atoms with Crippen LogP contribution in [0.2, 0.25) is 0 Å². The Morgan fingerprint density at radius 1 is 1.22 bits per heavy atom. The fraction of sp³-hybridized carbons (Fsp3) is 0.846. The standard InChI is InChI=1S/C13H25NO4/c1-9(12(2,3)4)6-10(15)14-8-13(5,18)7-11(16)17/h9,18H,6-8H2,1-5H3,(H,14,15)(H,16,17). The summed E-state index contributed by atoms with van der Waals surface area (Å²) in [6.45, 7) is 9.53. The number of aliphatic hydroxyl groups is 1. The largest absolute Gasteiger partial charge is 0.481 e. The third-order valence-electron chi connectivity index (χ3n) is 3.17. The van der Waals surface area contributed by atoms with Crippen LogP contribution < -0.4 is 5.32 Å². The van der Waals surface area contributed by atoms with E-state index in [1.807, 2.05) is 6.92 Å². The fourth-order valence-electron chi connectivity index (χ4n) is 1.33. The van der Waals surface area contributed by atoms with Crippen molar-refractivity contribution in [2.24, 2.45) is 11.3 Å². The van der Waals surface area contributed by atoms with Gasteiger partial charge in [0.05, 0.1) is 12.0 Å². The zero-order valence-corrected chi connectivity index (χ0v) is 11.9. The molecule has 0 bridgehead atoms. The second kappa shape index (κ2) is 6.18. The Morgan fingerprint density at radius 2 is 1.72 bits per heavy atom. The van der Waals surface area contributed by atoms with E-state index in [0.29, 0.717) is 6.42 Å². The first-order valence-corrected chi connectivity index (χ1v) is 6.15. The van der Waals surface area contributed by atoms with Gasteiger partial charge in [0.15, 0.2) is 0 Å². The highest BCUT2D eigenvalue weighted by molar-refractivity contribution is 5.76. The molecule has 0 saturated carbocycles. The molecule has 0 aromatic heterocycles. The third-order valence-corrected chi connectivity index (χ3v) is 3.17. The second-order valence-electron chi connectivity index (χ2n) is 6.32. The smallest absolute Gasteiger partial charge is 0.306 e. The van der Waals surface area contributed by atoms with Crippen LogP contribution in [0.3, 0.4) is 0 Å². The first kappa shape index (κ1) is 16.9. The quantitative estimate of drug-likeness (QED) is 0.673. The molecule has 2 atom stereocenters. The van der Waals surface area contributed by atoms with Crippen LogP contribution in [0.1, 0.15) is 47.5 Å². The van der Waals surface area contributed by atoms with Gasteiger partial charge in [0.1, 0.15) is 0 Å². The van der Waals surface area contributed by atoms with Crippen LogP contribution in [0.25, 0.3) is 0 Å². The van der Waals surface area contributed by atoms with Gasteiger partial charge in [-0.1, -0.05) is 27.7 Å². The van der Waals surface area contributed by atoms with Crippen molar-refractivity contribution in [2.45, 2.75) is 53.1 Å². The lowest BCUT2D eigenvalue weighted by atomic mass is 9.80. The predicted octanol–water partition coefficient (Wildman–Crippen LogP) is 1.40. The summed E-state index contributed by atoms with van der Waals surface area (Å²) in [6.07, 6.45) is -0.0191. The van der Waals surface area contributed by atoms with E-state index in [1.165, 1.54) is 6.92 Å². The normalized spacial score (nSPS) is 16.8. The van der Waals surface area contributed by atoms with Crippen molar-refractivity contribution in [1.82, 2.24) is 5.32 Å². The number of aliphatic carboxylic acids is 1. The zero-order valence-electron chi connectivity index (χ0n) is 11.9. The van der Waals surface area contributed by atoms with Crippen LogP contribution in [0.15, 0.2) is 0 Å². The molecule has 1 amide bonds. The lowest BCUT2D eigenvalue weighted by Crippen LogP contribution is -2.42. The van der Waals surface area contributed by atoms with Crippen molar-refractivity contribution in [2.75, 3.05) is 6.54 Å². The maximum absolute atomic E-state index is 11.7. The van der Waals surface area contributed by atoms with Crippen molar-refractivity contribution in [1.29, 1.82) is 0 Å². The molecule has 0 aliphatic heterocycles. The zero-order chi connectivity index (χ0) is 14.6. The number of amides is 1. The van der Waals surface area contributed by atoms with Crippen LogP contribution in [0.4, 0.5) is 0 Å². The molecule has 18 heavy (non-hydrogen) atoms. The molecule has 5 heteroatoms. The lowest BCUT2D eigenvalue weighted by molar-refractivity contribution is -0.142. The molecule has 106 valence electrons. The van der Waals surface area contributed by atoms with E-state index in [1.54, 1.807) is 0 Å². The first-order chi connectivity index (χ1) is 7.94. The van der Waals surface area contributed by atoms with E-state index in [2.05, 4.69) is 26.1 Å². The van der Waals surface area contributed by atoms with Crippen LogP contribution >= 0.6 is 0 Å². The van der Waals surface area contributed by atoms with Gasteiger partial charge >= 0.3 is 5.97 Å². The summed E-state index contributed by atoms with van der Waals surface area (Å²) in [5, 5.41) is 20.9. The Bertz CT molecular complexity index is 305. The monoisotopic (exact) mass is 259 g/mol. The summed E-state index contributed by atoms with van der Waals surface area (Å²) in [5.74, 6) is -1.04. The Kier molecular flexibility index (Phi) is 5.80. The molecule has 0 saturated heterocycles. The van der Waals surface area contributed by atoms with E-state index in [0.717, 1.165) is 0 Å². The van der Waals surface area contributed by atoms with Crippen LogP contribution in [0, 0.1) is 11.3 Å². The molecule has 0 aliphatic rings. The second-order valence-corrected chi connectivity index (χ2v) is 6.32. The molecule has 0 heterocycles. The van der Waals surface area contributed by atoms with Gasteiger partial charge in [0, 0.05) is 13.0 Å². The van der Waals surface area contributed by atoms with Crippen LogP contribution in [0.5, 0.6) is 0 Å². The molecule has 3 N–H and O–H groups in total. The summed E-state index contributed by atoms with van der Waals surface area (Å²) < 4.78 is 0. The molecule has 0 aromatic carbocycles. The molecule has 0 rings (SSSR count). The van der Waals surface area contributed by atoms with Crippen LogP contribution in [-0.4, -0.2) is 34.2 Å². The molecule has 0 aromatic rings. The van der Waals surface area contributed by atoms with E-state index < -0.39 is 11.6 Å². The van der Waals surface area contributed by atoms with Crippen LogP contribution in [-0.2, 0) is 9.59 Å². The maximum Gasteiger partial charge on any atom is 0.306 e. The molecular formula is C13H25NO4. The van der Waals surface area contributed by atoms with Gasteiger partial charge in [-0.05, 0) is 18.3 Å². The molecule has 0 spiro atoms. The number of hydrogen-bond acceptors (Lipinski definition) is 3. The summed E-state index contributed by atoms with van der Waals surface area (Å²) in [4.78, 5) is 22.2. The number of carboxylic acid groups (broad SMARTS) is 1. The van der Waals surface area contributed by atoms with E-state index >= 15 is 0 Å². The minimum atomic E-state index is -1.41. The number of carboxylic acids is 1. The van der Waals surface area contributed by atoms with Crippen molar-refractivity contribution >= 4 is 11.9 Å². The van der Waals surface area contributed by atoms with Gasteiger partial charge in [0.25, 0.3) is 0 Å². The summed E-state index contributed by atoms with van der Waals surface area (Å²) in [6, 6.07) is 0. The molecule has 0 fully saturated rings. The number of carbonyl (C=O) groups is 2. The Hall–Kier alpha value is -1.10. The van der Waals surface area contributed by atoms with Gasteiger partial charge in [-0.3, -0.25) is 9.59 Å². The van der Waals surface area contributed by atoms with Gasteiger partial charge in [0.2, 0.25) is 5.91 Å². The summed E-state index contributed by atoms with van der Waals surface area (Å²) in [7, 11) is 0. The van der Waals surface area contributed by atoms with Crippen molar-refractivity contribution in [3.8, 4) is 0 Å². The fourth-order valence-corrected chi connectivity index (χ4v) is 1.33. The highest BCUT2D eigenvalue weighted by Gasteiger charge is 2.26. The van der Waals surface area contributed by atoms with E-state index in [4.69, 9.17) is 5.11 Å². The van der Waals surface area contributed by atoms with Gasteiger partial charge < -0.3 is 15.5 Å². The van der Waals surface area contributed by atoms with Gasteiger partial charge in [-0.15, -0.1) is 0 Å². The molecule has 0 radical (unpaired) electrons. The topological polar surface area (TPSA) is 86.6 Å². The van der Waals surface area contributed by atoms with Gasteiger partial charge in [-0.2, -0.15) is 0 Å². The highest BCUT2D eigenvalue weighted by atomic mass is 16.4. The molecule has 0 aliphatic carbocycles. The van der Waals surface area contributed by atoms with Crippen molar-refractivity contribution in [3.05, 3.63) is 0 Å². The number of nitrogens with one attached hydrogen (secondary N) is 1. The highest BCUT2D eigenvalue weighted by Crippen LogP contribution is 2.27. The summed E-state index contributed by atoms with van der Waals surface area (Å²) >= 11 is 0. The molecule has 5 nitrogen and oxygen atoms in total. The number of carbonyl (C=O) groups excluding carboxylic acids is 1.